The minimum Gasteiger partial charge on any atom is -0.427 e. The van der Waals surface area contributed by atoms with Gasteiger partial charge in [-0.25, -0.2) is 0 Å². The molecule has 0 aliphatic heterocycles. The van der Waals surface area contributed by atoms with E-state index >= 15 is 0 Å². The van der Waals surface area contributed by atoms with Crippen molar-refractivity contribution in [3.63, 3.8) is 0 Å². The fourth-order valence-electron chi connectivity index (χ4n) is 2.50. The van der Waals surface area contributed by atoms with Crippen molar-refractivity contribution in [3.8, 4) is 28.1 Å². The van der Waals surface area contributed by atoms with Crippen LogP contribution in [0.25, 0.3) is 22.4 Å². The van der Waals surface area contributed by atoms with Gasteiger partial charge in [0.05, 0.1) is 0 Å². The van der Waals surface area contributed by atoms with Gasteiger partial charge in [0.2, 0.25) is 0 Å². The average Bonchev–Trinajstić information content (AvgIpc) is 2.90. The molecule has 0 saturated heterocycles. The third-order valence-corrected chi connectivity index (χ3v) is 3.53. The number of aromatic nitrogens is 1. The minimum absolute atomic E-state index is 0.310. The second-order valence-corrected chi connectivity index (χ2v) is 5.21. The lowest BCUT2D eigenvalue weighted by Crippen LogP contribution is -2.00. The maximum atomic E-state index is 10.9. The Morgan fingerprint density at radius 2 is 1.64 bits per heavy atom. The Labute approximate surface area is 129 Å². The molecule has 1 N–H and O–H groups in total. The van der Waals surface area contributed by atoms with Gasteiger partial charge in [-0.1, -0.05) is 30.3 Å². The third-order valence-electron chi connectivity index (χ3n) is 3.53. The Morgan fingerprint density at radius 3 is 2.27 bits per heavy atom. The van der Waals surface area contributed by atoms with Gasteiger partial charge in [-0.3, -0.25) is 4.79 Å². The van der Waals surface area contributed by atoms with Crippen LogP contribution in [0.2, 0.25) is 0 Å². The first-order valence-corrected chi connectivity index (χ1v) is 7.17. The predicted octanol–water partition coefficient (Wildman–Crippen LogP) is 4.58. The van der Waals surface area contributed by atoms with Gasteiger partial charge >= 0.3 is 5.97 Å². The summed E-state index contributed by atoms with van der Waals surface area (Å²) in [5.41, 5.74) is 5.62. The molecule has 0 spiro atoms. The van der Waals surface area contributed by atoms with Gasteiger partial charge in [0.1, 0.15) is 5.75 Å². The average molecular weight is 291 g/mol. The summed E-state index contributed by atoms with van der Waals surface area (Å²) in [6.45, 7) is 3.47. The quantitative estimate of drug-likeness (QED) is 0.567. The number of carbonyl (C=O) groups excluding carboxylic acids is 1. The number of H-pyrrole nitrogens is 1. The smallest absolute Gasteiger partial charge is 0.308 e. The van der Waals surface area contributed by atoms with Crippen molar-refractivity contribution < 1.29 is 9.53 Å². The molecule has 110 valence electrons. The van der Waals surface area contributed by atoms with Crippen molar-refractivity contribution in [1.82, 2.24) is 4.98 Å². The van der Waals surface area contributed by atoms with Crippen molar-refractivity contribution in [1.29, 1.82) is 0 Å². The zero-order valence-corrected chi connectivity index (χ0v) is 12.6. The van der Waals surface area contributed by atoms with Crippen molar-refractivity contribution >= 4 is 5.97 Å². The minimum atomic E-state index is -0.310. The van der Waals surface area contributed by atoms with Crippen LogP contribution in [0.5, 0.6) is 5.75 Å². The fraction of sp³-hybridized carbons (Fsp3) is 0.105. The van der Waals surface area contributed by atoms with Crippen LogP contribution < -0.4 is 4.74 Å². The summed E-state index contributed by atoms with van der Waals surface area (Å²) in [5.74, 6) is 0.248. The number of rotatable bonds is 3. The molecule has 0 bridgehead atoms. The van der Waals surface area contributed by atoms with Crippen LogP contribution in [0.15, 0.2) is 60.7 Å². The summed E-state index contributed by atoms with van der Waals surface area (Å²) < 4.78 is 5.05. The lowest BCUT2D eigenvalue weighted by atomic mass is 10.1. The molecule has 0 saturated carbocycles. The summed E-state index contributed by atoms with van der Waals surface area (Å²) in [6, 6.07) is 19.9. The summed E-state index contributed by atoms with van der Waals surface area (Å²) in [7, 11) is 0. The molecule has 1 heterocycles. The number of esters is 1. The first-order chi connectivity index (χ1) is 10.6. The fourth-order valence-corrected chi connectivity index (χ4v) is 2.50. The van der Waals surface area contributed by atoms with E-state index in [-0.39, 0.29) is 5.97 Å². The monoisotopic (exact) mass is 291 g/mol. The van der Waals surface area contributed by atoms with Crippen LogP contribution >= 0.6 is 0 Å². The van der Waals surface area contributed by atoms with Crippen LogP contribution in [0, 0.1) is 6.92 Å². The molecule has 3 heteroatoms. The summed E-state index contributed by atoms with van der Waals surface area (Å²) in [4.78, 5) is 14.4. The highest BCUT2D eigenvalue weighted by molar-refractivity contribution is 5.74. The lowest BCUT2D eigenvalue weighted by Gasteiger charge is -2.02. The van der Waals surface area contributed by atoms with Gasteiger partial charge in [0.15, 0.2) is 0 Å². The summed E-state index contributed by atoms with van der Waals surface area (Å²) in [6.07, 6.45) is 0. The van der Waals surface area contributed by atoms with Crippen molar-refractivity contribution in [2.75, 3.05) is 0 Å². The van der Waals surface area contributed by atoms with E-state index in [2.05, 4.69) is 30.1 Å². The zero-order valence-electron chi connectivity index (χ0n) is 12.6. The number of benzene rings is 2. The molecule has 3 rings (SSSR count). The SMILES string of the molecule is CC(=O)Oc1ccc(-c2cc(-c3ccccc3)c(C)[nH]2)cc1. The topological polar surface area (TPSA) is 42.1 Å². The number of nitrogens with one attached hydrogen (secondary N) is 1. The Kier molecular flexibility index (Phi) is 3.79. The first kappa shape index (κ1) is 14.1. The van der Waals surface area contributed by atoms with Crippen LogP contribution in [0.3, 0.4) is 0 Å². The largest absolute Gasteiger partial charge is 0.427 e. The standard InChI is InChI=1S/C19H17NO2/c1-13-18(15-6-4-3-5-7-15)12-19(20-13)16-8-10-17(11-9-16)22-14(2)21/h3-12,20H,1-2H3. The van der Waals surface area contributed by atoms with Gasteiger partial charge in [0, 0.05) is 23.9 Å². The van der Waals surface area contributed by atoms with Crippen molar-refractivity contribution in [2.45, 2.75) is 13.8 Å². The van der Waals surface area contributed by atoms with Crippen molar-refractivity contribution in [2.24, 2.45) is 0 Å². The Bertz CT molecular complexity index is 786. The normalized spacial score (nSPS) is 10.5. The Morgan fingerprint density at radius 1 is 0.955 bits per heavy atom. The number of ether oxygens (including phenoxy) is 1. The molecular weight excluding hydrogens is 274 g/mol. The summed E-state index contributed by atoms with van der Waals surface area (Å²) in [5, 5.41) is 0. The molecular formula is C19H17NO2. The summed E-state index contributed by atoms with van der Waals surface area (Å²) >= 11 is 0. The van der Waals surface area contributed by atoms with Gasteiger partial charge in [-0.15, -0.1) is 0 Å². The molecule has 1 aromatic heterocycles. The van der Waals surface area contributed by atoms with E-state index in [0.29, 0.717) is 5.75 Å². The van der Waals surface area contributed by atoms with E-state index in [1.807, 2.05) is 30.3 Å². The molecule has 0 unspecified atom stereocenters. The van der Waals surface area contributed by atoms with Gasteiger partial charge in [0.25, 0.3) is 0 Å². The second-order valence-electron chi connectivity index (χ2n) is 5.21. The molecule has 0 amide bonds. The maximum absolute atomic E-state index is 10.9. The molecule has 0 aliphatic rings. The number of hydrogen-bond donors (Lipinski definition) is 1. The number of carbonyl (C=O) groups is 1. The van der Waals surface area contributed by atoms with E-state index < -0.39 is 0 Å². The van der Waals surface area contributed by atoms with E-state index in [0.717, 1.165) is 17.0 Å². The van der Waals surface area contributed by atoms with E-state index in [1.54, 1.807) is 12.1 Å². The molecule has 0 radical (unpaired) electrons. The van der Waals surface area contributed by atoms with E-state index in [1.165, 1.54) is 18.1 Å². The van der Waals surface area contributed by atoms with E-state index in [9.17, 15) is 4.79 Å². The van der Waals surface area contributed by atoms with Crippen LogP contribution in [0.1, 0.15) is 12.6 Å². The number of hydrogen-bond acceptors (Lipinski definition) is 2. The van der Waals surface area contributed by atoms with Gasteiger partial charge in [-0.05, 0) is 48.4 Å². The Hall–Kier alpha value is -2.81. The molecule has 3 nitrogen and oxygen atoms in total. The predicted molar refractivity (Wildman–Crippen MR) is 87.7 cm³/mol. The second kappa shape index (κ2) is 5.90. The van der Waals surface area contributed by atoms with Crippen LogP contribution in [-0.2, 0) is 4.79 Å². The molecule has 0 fully saturated rings. The molecule has 22 heavy (non-hydrogen) atoms. The molecule has 3 aromatic rings. The highest BCUT2D eigenvalue weighted by atomic mass is 16.5. The maximum Gasteiger partial charge on any atom is 0.308 e. The highest BCUT2D eigenvalue weighted by Crippen LogP contribution is 2.30. The molecule has 2 aromatic carbocycles. The Balaban J connectivity index is 1.91. The van der Waals surface area contributed by atoms with Crippen LogP contribution in [-0.4, -0.2) is 11.0 Å². The van der Waals surface area contributed by atoms with Crippen LogP contribution in [0.4, 0.5) is 0 Å². The zero-order chi connectivity index (χ0) is 15.5. The number of aryl methyl sites for hydroxylation is 1. The van der Waals surface area contributed by atoms with Crippen molar-refractivity contribution in [3.05, 3.63) is 66.4 Å². The van der Waals surface area contributed by atoms with E-state index in [4.69, 9.17) is 4.74 Å². The third kappa shape index (κ3) is 2.93. The highest BCUT2D eigenvalue weighted by Gasteiger charge is 2.08. The van der Waals surface area contributed by atoms with Gasteiger partial charge in [-0.2, -0.15) is 0 Å². The number of aromatic amines is 1. The lowest BCUT2D eigenvalue weighted by molar-refractivity contribution is -0.131. The van der Waals surface area contributed by atoms with Gasteiger partial charge < -0.3 is 9.72 Å². The molecule has 0 aliphatic carbocycles. The molecule has 0 atom stereocenters. The first-order valence-electron chi connectivity index (χ1n) is 7.17.